The van der Waals surface area contributed by atoms with Crippen molar-refractivity contribution in [1.82, 2.24) is 9.97 Å². The third-order valence-electron chi connectivity index (χ3n) is 1.90. The van der Waals surface area contributed by atoms with Gasteiger partial charge in [-0.1, -0.05) is 13.8 Å². The standard InChI is InChI=1S/C11H20N4O/c1-9(2)8-16-7-3-5-13-10-4-6-14-11(12)15-10/h4,6,9H,3,5,7-8H2,1-2H3,(H3,12,13,14,15). The number of rotatable bonds is 7. The number of anilines is 2. The molecule has 0 radical (unpaired) electrons. The average molecular weight is 224 g/mol. The lowest BCUT2D eigenvalue weighted by Crippen LogP contribution is -2.09. The first kappa shape index (κ1) is 12.7. The molecule has 0 saturated heterocycles. The van der Waals surface area contributed by atoms with E-state index >= 15 is 0 Å². The Labute approximate surface area is 96.4 Å². The highest BCUT2D eigenvalue weighted by Crippen LogP contribution is 2.02. The highest BCUT2D eigenvalue weighted by molar-refractivity contribution is 5.36. The second-order valence-corrected chi connectivity index (χ2v) is 4.05. The molecule has 0 aliphatic carbocycles. The minimum Gasteiger partial charge on any atom is -0.381 e. The lowest BCUT2D eigenvalue weighted by Gasteiger charge is -2.08. The molecule has 1 heterocycles. The SMILES string of the molecule is CC(C)COCCCNc1ccnc(N)n1. The van der Waals surface area contributed by atoms with Crippen molar-refractivity contribution < 1.29 is 4.74 Å². The Balaban J connectivity index is 2.07. The Morgan fingerprint density at radius 2 is 2.31 bits per heavy atom. The van der Waals surface area contributed by atoms with Gasteiger partial charge in [0, 0.05) is 26.0 Å². The molecule has 0 aromatic carbocycles. The van der Waals surface area contributed by atoms with Crippen LogP contribution in [0.15, 0.2) is 12.3 Å². The topological polar surface area (TPSA) is 73.1 Å². The van der Waals surface area contributed by atoms with Crippen LogP contribution >= 0.6 is 0 Å². The lowest BCUT2D eigenvalue weighted by molar-refractivity contribution is 0.110. The first-order chi connectivity index (χ1) is 7.68. The fraction of sp³-hybridized carbons (Fsp3) is 0.636. The van der Waals surface area contributed by atoms with Crippen molar-refractivity contribution in [3.8, 4) is 0 Å². The van der Waals surface area contributed by atoms with Crippen molar-refractivity contribution in [1.29, 1.82) is 0 Å². The Kier molecular flexibility index (Phi) is 5.56. The molecule has 1 aromatic rings. The van der Waals surface area contributed by atoms with Gasteiger partial charge in [-0.15, -0.1) is 0 Å². The van der Waals surface area contributed by atoms with E-state index in [9.17, 15) is 0 Å². The summed E-state index contributed by atoms with van der Waals surface area (Å²) in [7, 11) is 0. The third kappa shape index (κ3) is 5.50. The minimum atomic E-state index is 0.293. The quantitative estimate of drug-likeness (QED) is 0.687. The van der Waals surface area contributed by atoms with E-state index in [0.717, 1.165) is 32.0 Å². The first-order valence-corrected chi connectivity index (χ1v) is 5.58. The first-order valence-electron chi connectivity index (χ1n) is 5.58. The molecule has 1 aromatic heterocycles. The van der Waals surface area contributed by atoms with Crippen LogP contribution in [0.5, 0.6) is 0 Å². The minimum absolute atomic E-state index is 0.293. The van der Waals surface area contributed by atoms with Gasteiger partial charge in [0.15, 0.2) is 0 Å². The van der Waals surface area contributed by atoms with Gasteiger partial charge in [-0.3, -0.25) is 0 Å². The normalized spacial score (nSPS) is 10.7. The largest absolute Gasteiger partial charge is 0.381 e. The maximum Gasteiger partial charge on any atom is 0.221 e. The van der Waals surface area contributed by atoms with E-state index in [-0.39, 0.29) is 0 Å². The number of nitrogen functional groups attached to an aromatic ring is 1. The zero-order valence-corrected chi connectivity index (χ0v) is 9.94. The van der Waals surface area contributed by atoms with Crippen LogP contribution in [0, 0.1) is 5.92 Å². The fourth-order valence-corrected chi connectivity index (χ4v) is 1.18. The van der Waals surface area contributed by atoms with E-state index in [1.165, 1.54) is 0 Å². The van der Waals surface area contributed by atoms with Crippen LogP contribution in [0.2, 0.25) is 0 Å². The van der Waals surface area contributed by atoms with Gasteiger partial charge in [0.1, 0.15) is 5.82 Å². The molecule has 0 aliphatic rings. The molecule has 1 rings (SSSR count). The van der Waals surface area contributed by atoms with Gasteiger partial charge in [0.25, 0.3) is 0 Å². The van der Waals surface area contributed by atoms with Crippen molar-refractivity contribution in [2.45, 2.75) is 20.3 Å². The maximum atomic E-state index is 5.46. The van der Waals surface area contributed by atoms with E-state index in [1.807, 2.05) is 0 Å². The Morgan fingerprint density at radius 1 is 1.50 bits per heavy atom. The monoisotopic (exact) mass is 224 g/mol. The van der Waals surface area contributed by atoms with E-state index in [4.69, 9.17) is 10.5 Å². The van der Waals surface area contributed by atoms with Gasteiger partial charge in [-0.2, -0.15) is 4.98 Å². The number of aromatic nitrogens is 2. The van der Waals surface area contributed by atoms with Crippen molar-refractivity contribution in [2.24, 2.45) is 5.92 Å². The van der Waals surface area contributed by atoms with Crippen LogP contribution in [0.4, 0.5) is 11.8 Å². The highest BCUT2D eigenvalue weighted by atomic mass is 16.5. The molecule has 0 atom stereocenters. The molecule has 0 aliphatic heterocycles. The third-order valence-corrected chi connectivity index (χ3v) is 1.90. The zero-order valence-electron chi connectivity index (χ0n) is 9.94. The molecule has 3 N–H and O–H groups in total. The number of nitrogens with one attached hydrogen (secondary N) is 1. The average Bonchev–Trinajstić information content (AvgIpc) is 2.23. The molecule has 0 bridgehead atoms. The van der Waals surface area contributed by atoms with Crippen molar-refractivity contribution >= 4 is 11.8 Å². The summed E-state index contributed by atoms with van der Waals surface area (Å²) in [6, 6.07) is 1.80. The van der Waals surface area contributed by atoms with Crippen molar-refractivity contribution in [2.75, 3.05) is 30.8 Å². The van der Waals surface area contributed by atoms with Crippen LogP contribution < -0.4 is 11.1 Å². The van der Waals surface area contributed by atoms with Crippen molar-refractivity contribution in [3.63, 3.8) is 0 Å². The molecule has 0 unspecified atom stereocenters. The number of nitrogens with zero attached hydrogens (tertiary/aromatic N) is 2. The lowest BCUT2D eigenvalue weighted by atomic mass is 10.2. The summed E-state index contributed by atoms with van der Waals surface area (Å²) in [5.41, 5.74) is 5.46. The molecule has 0 spiro atoms. The molecule has 0 fully saturated rings. The highest BCUT2D eigenvalue weighted by Gasteiger charge is 1.96. The van der Waals surface area contributed by atoms with Gasteiger partial charge < -0.3 is 15.8 Å². The van der Waals surface area contributed by atoms with Crippen LogP contribution in [0.1, 0.15) is 20.3 Å². The van der Waals surface area contributed by atoms with Gasteiger partial charge >= 0.3 is 0 Å². The molecular weight excluding hydrogens is 204 g/mol. The molecule has 0 saturated carbocycles. The number of ether oxygens (including phenoxy) is 1. The molecule has 0 amide bonds. The van der Waals surface area contributed by atoms with Crippen molar-refractivity contribution in [3.05, 3.63) is 12.3 Å². The van der Waals surface area contributed by atoms with Crippen LogP contribution in [-0.2, 0) is 4.74 Å². The van der Waals surface area contributed by atoms with Gasteiger partial charge in [0.2, 0.25) is 5.95 Å². The van der Waals surface area contributed by atoms with Crippen LogP contribution in [0.25, 0.3) is 0 Å². The van der Waals surface area contributed by atoms with E-state index in [1.54, 1.807) is 12.3 Å². The Morgan fingerprint density at radius 3 is 3.00 bits per heavy atom. The van der Waals surface area contributed by atoms with E-state index in [2.05, 4.69) is 29.1 Å². The second kappa shape index (κ2) is 7.00. The second-order valence-electron chi connectivity index (χ2n) is 4.05. The van der Waals surface area contributed by atoms with Gasteiger partial charge in [-0.25, -0.2) is 4.98 Å². The van der Waals surface area contributed by atoms with Crippen LogP contribution in [-0.4, -0.2) is 29.7 Å². The number of nitrogens with two attached hydrogens (primary N) is 1. The maximum absolute atomic E-state index is 5.46. The summed E-state index contributed by atoms with van der Waals surface area (Å²) in [6.45, 7) is 6.70. The van der Waals surface area contributed by atoms with Gasteiger partial charge in [-0.05, 0) is 18.4 Å². The summed E-state index contributed by atoms with van der Waals surface area (Å²) in [5, 5.41) is 3.16. The molecular formula is C11H20N4O. The Hall–Kier alpha value is -1.36. The molecule has 5 heteroatoms. The zero-order chi connectivity index (χ0) is 11.8. The van der Waals surface area contributed by atoms with Gasteiger partial charge in [0.05, 0.1) is 0 Å². The van der Waals surface area contributed by atoms with Crippen LogP contribution in [0.3, 0.4) is 0 Å². The summed E-state index contributed by atoms with van der Waals surface area (Å²) in [5.74, 6) is 1.65. The smallest absolute Gasteiger partial charge is 0.221 e. The van der Waals surface area contributed by atoms with E-state index < -0.39 is 0 Å². The molecule has 16 heavy (non-hydrogen) atoms. The predicted molar refractivity (Wildman–Crippen MR) is 65.2 cm³/mol. The summed E-state index contributed by atoms with van der Waals surface area (Å²) >= 11 is 0. The molecule has 90 valence electrons. The fourth-order valence-electron chi connectivity index (χ4n) is 1.18. The Bertz CT molecular complexity index is 304. The summed E-state index contributed by atoms with van der Waals surface area (Å²) < 4.78 is 5.46. The summed E-state index contributed by atoms with van der Waals surface area (Å²) in [6.07, 6.45) is 2.59. The van der Waals surface area contributed by atoms with E-state index in [0.29, 0.717) is 11.9 Å². The summed E-state index contributed by atoms with van der Waals surface area (Å²) in [4.78, 5) is 7.85. The number of hydrogen-bond acceptors (Lipinski definition) is 5. The molecule has 5 nitrogen and oxygen atoms in total. The number of hydrogen-bond donors (Lipinski definition) is 2. The predicted octanol–water partition coefficient (Wildman–Crippen LogP) is 1.53.